The van der Waals surface area contributed by atoms with E-state index in [1.165, 1.54) is 11.3 Å². The van der Waals surface area contributed by atoms with Crippen molar-refractivity contribution in [3.8, 4) is 0 Å². The normalized spacial score (nSPS) is 11.9. The van der Waals surface area contributed by atoms with Crippen molar-refractivity contribution >= 4 is 21.6 Å². The summed E-state index contributed by atoms with van der Waals surface area (Å²) >= 11 is 1.48. The molecule has 0 fully saturated rings. The van der Waals surface area contributed by atoms with Crippen LogP contribution in [0.5, 0.6) is 0 Å². The first-order valence-corrected chi connectivity index (χ1v) is 5.73. The fourth-order valence-electron chi connectivity index (χ4n) is 1.01. The molecule has 1 rings (SSSR count). The molecule has 0 unspecified atom stereocenters. The second kappa shape index (κ2) is 3.14. The number of rotatable bonds is 2. The zero-order valence-corrected chi connectivity index (χ0v) is 8.43. The van der Waals surface area contributed by atoms with Crippen molar-refractivity contribution in [3.05, 3.63) is 21.4 Å². The van der Waals surface area contributed by atoms with Crippen molar-refractivity contribution in [1.29, 1.82) is 0 Å². The van der Waals surface area contributed by atoms with Gasteiger partial charge in [-0.1, -0.05) is 0 Å². The number of hydrogen-bond donors (Lipinski definition) is 0. The zero-order chi connectivity index (χ0) is 9.35. The van der Waals surface area contributed by atoms with E-state index in [0.29, 0.717) is 5.56 Å². The van der Waals surface area contributed by atoms with Gasteiger partial charge in [-0.2, -0.15) is 8.42 Å². The van der Waals surface area contributed by atoms with E-state index in [1.807, 2.05) is 6.92 Å². The summed E-state index contributed by atoms with van der Waals surface area (Å²) in [5, 5.41) is 0. The van der Waals surface area contributed by atoms with Crippen LogP contribution in [0.2, 0.25) is 0 Å². The highest BCUT2D eigenvalue weighted by Gasteiger charge is 2.12. The lowest BCUT2D eigenvalue weighted by Gasteiger charge is -1.92. The number of halogens is 1. The smallest absolute Gasteiger partial charge is 0.194 e. The largest absolute Gasteiger partial charge is 0.306 e. The highest BCUT2D eigenvalue weighted by atomic mass is 32.3. The molecule has 1 heterocycles. The van der Waals surface area contributed by atoms with Gasteiger partial charge in [-0.05, 0) is 25.5 Å². The number of hydrogen-bond acceptors (Lipinski definition) is 3. The van der Waals surface area contributed by atoms with Crippen LogP contribution >= 0.6 is 11.3 Å². The molecule has 0 aliphatic carbocycles. The fraction of sp³-hybridized carbons (Fsp3) is 0.429. The lowest BCUT2D eigenvalue weighted by Crippen LogP contribution is -1.95. The molecule has 0 aliphatic heterocycles. The van der Waals surface area contributed by atoms with Crippen molar-refractivity contribution in [2.45, 2.75) is 19.6 Å². The topological polar surface area (TPSA) is 34.1 Å². The van der Waals surface area contributed by atoms with E-state index >= 15 is 0 Å². The van der Waals surface area contributed by atoms with Gasteiger partial charge in [-0.25, -0.2) is 0 Å². The summed E-state index contributed by atoms with van der Waals surface area (Å²) in [4.78, 5) is 1.87. The maximum absolute atomic E-state index is 12.2. The molecule has 68 valence electrons. The van der Waals surface area contributed by atoms with Crippen molar-refractivity contribution < 1.29 is 12.3 Å². The predicted molar refractivity (Wildman–Crippen MR) is 47.5 cm³/mol. The van der Waals surface area contributed by atoms with Gasteiger partial charge in [0.1, 0.15) is 5.75 Å². The summed E-state index contributed by atoms with van der Waals surface area (Å²) in [5.41, 5.74) is 0.569. The van der Waals surface area contributed by atoms with Gasteiger partial charge < -0.3 is 0 Å². The molecule has 0 N–H and O–H groups in total. The minimum Gasteiger partial charge on any atom is -0.194 e. The van der Waals surface area contributed by atoms with Gasteiger partial charge in [0.15, 0.2) is 0 Å². The van der Waals surface area contributed by atoms with E-state index in [9.17, 15) is 12.3 Å². The van der Waals surface area contributed by atoms with Crippen LogP contribution in [-0.4, -0.2) is 8.42 Å². The fourth-order valence-corrected chi connectivity index (χ4v) is 2.72. The summed E-state index contributed by atoms with van der Waals surface area (Å²) in [6, 6.07) is 1.71. The van der Waals surface area contributed by atoms with Crippen LogP contribution < -0.4 is 0 Å². The van der Waals surface area contributed by atoms with Crippen LogP contribution in [0, 0.1) is 13.8 Å². The molecule has 0 aliphatic rings. The molecule has 0 saturated heterocycles. The molecule has 0 aromatic carbocycles. The van der Waals surface area contributed by atoms with Gasteiger partial charge in [0.25, 0.3) is 0 Å². The summed E-state index contributed by atoms with van der Waals surface area (Å²) in [5.74, 6) is -0.497. The quantitative estimate of drug-likeness (QED) is 0.698. The highest BCUT2D eigenvalue weighted by molar-refractivity contribution is 7.85. The maximum Gasteiger partial charge on any atom is 0.306 e. The Morgan fingerprint density at radius 2 is 2.08 bits per heavy atom. The van der Waals surface area contributed by atoms with Crippen molar-refractivity contribution in [1.82, 2.24) is 0 Å². The second-order valence-corrected chi connectivity index (χ2v) is 5.45. The third-order valence-corrected chi connectivity index (χ3v) is 3.14. The molecule has 0 saturated carbocycles. The zero-order valence-electron chi connectivity index (χ0n) is 6.80. The van der Waals surface area contributed by atoms with E-state index in [1.54, 1.807) is 13.0 Å². The number of thiophene rings is 1. The van der Waals surface area contributed by atoms with Gasteiger partial charge in [-0.15, -0.1) is 15.2 Å². The standard InChI is InChI=1S/C7H9FO2S2/c1-5-3-7(6(2)11-5)4-12(8,9)10/h3H,4H2,1-2H3. The molecule has 0 spiro atoms. The molecule has 2 nitrogen and oxygen atoms in total. The SMILES string of the molecule is Cc1cc(CS(=O)(=O)F)c(C)s1. The van der Waals surface area contributed by atoms with Crippen LogP contribution in [-0.2, 0) is 16.0 Å². The Hall–Kier alpha value is -0.420. The lowest BCUT2D eigenvalue weighted by molar-refractivity contribution is 0.551. The Balaban J connectivity index is 2.97. The minimum absolute atomic E-state index is 0.497. The molecular formula is C7H9FO2S2. The molecule has 0 amide bonds. The average molecular weight is 208 g/mol. The molecular weight excluding hydrogens is 199 g/mol. The van der Waals surface area contributed by atoms with E-state index in [-0.39, 0.29) is 0 Å². The van der Waals surface area contributed by atoms with Gasteiger partial charge in [-0.3, -0.25) is 0 Å². The molecule has 12 heavy (non-hydrogen) atoms. The van der Waals surface area contributed by atoms with Gasteiger partial charge in [0.2, 0.25) is 0 Å². The van der Waals surface area contributed by atoms with Crippen LogP contribution in [0.3, 0.4) is 0 Å². The third-order valence-electron chi connectivity index (χ3n) is 1.47. The van der Waals surface area contributed by atoms with Gasteiger partial charge in [0.05, 0.1) is 0 Å². The molecule has 0 radical (unpaired) electrons. The van der Waals surface area contributed by atoms with Crippen molar-refractivity contribution in [2.75, 3.05) is 0 Å². The monoisotopic (exact) mass is 208 g/mol. The molecule has 0 bridgehead atoms. The van der Waals surface area contributed by atoms with Crippen LogP contribution in [0.15, 0.2) is 6.07 Å². The summed E-state index contributed by atoms with van der Waals surface area (Å²) < 4.78 is 32.8. The van der Waals surface area contributed by atoms with Crippen LogP contribution in [0.4, 0.5) is 3.89 Å². The Bertz CT molecular complexity index is 378. The summed E-state index contributed by atoms with van der Waals surface area (Å²) in [7, 11) is -4.38. The first-order valence-electron chi connectivity index (χ1n) is 3.37. The van der Waals surface area contributed by atoms with E-state index in [4.69, 9.17) is 0 Å². The van der Waals surface area contributed by atoms with Crippen LogP contribution in [0.25, 0.3) is 0 Å². The molecule has 5 heteroatoms. The predicted octanol–water partition coefficient (Wildman–Crippen LogP) is 2.16. The van der Waals surface area contributed by atoms with Crippen molar-refractivity contribution in [2.24, 2.45) is 0 Å². The average Bonchev–Trinajstić information content (AvgIpc) is 2.06. The highest BCUT2D eigenvalue weighted by Crippen LogP contribution is 2.22. The van der Waals surface area contributed by atoms with E-state index in [2.05, 4.69) is 0 Å². The Labute approximate surface area is 75.3 Å². The minimum atomic E-state index is -4.38. The lowest BCUT2D eigenvalue weighted by atomic mass is 10.3. The molecule has 1 aromatic heterocycles. The summed E-state index contributed by atoms with van der Waals surface area (Å²) in [6.45, 7) is 3.66. The van der Waals surface area contributed by atoms with E-state index < -0.39 is 16.0 Å². The summed E-state index contributed by atoms with van der Waals surface area (Å²) in [6.07, 6.45) is 0. The second-order valence-electron chi connectivity index (χ2n) is 2.62. The Morgan fingerprint density at radius 3 is 2.42 bits per heavy atom. The maximum atomic E-state index is 12.2. The molecule has 0 atom stereocenters. The van der Waals surface area contributed by atoms with Gasteiger partial charge in [0, 0.05) is 9.75 Å². The molecule has 1 aromatic rings. The first kappa shape index (κ1) is 9.67. The van der Waals surface area contributed by atoms with Gasteiger partial charge >= 0.3 is 10.2 Å². The number of aryl methyl sites for hydroxylation is 2. The van der Waals surface area contributed by atoms with Crippen molar-refractivity contribution in [3.63, 3.8) is 0 Å². The Kier molecular flexibility index (Phi) is 2.53. The van der Waals surface area contributed by atoms with E-state index in [0.717, 1.165) is 9.75 Å². The van der Waals surface area contributed by atoms with Crippen LogP contribution in [0.1, 0.15) is 15.3 Å². The first-order chi connectivity index (χ1) is 5.38. The Morgan fingerprint density at radius 1 is 1.50 bits per heavy atom. The third kappa shape index (κ3) is 2.57.